The van der Waals surface area contributed by atoms with Crippen LogP contribution in [0.5, 0.6) is 0 Å². The Morgan fingerprint density at radius 2 is 2.06 bits per heavy atom. The highest BCUT2D eigenvalue weighted by molar-refractivity contribution is 5.34. The predicted molar refractivity (Wildman–Crippen MR) is 63.7 cm³/mol. The van der Waals surface area contributed by atoms with Crippen LogP contribution in [-0.2, 0) is 0 Å². The van der Waals surface area contributed by atoms with Crippen LogP contribution in [0.2, 0.25) is 0 Å². The zero-order chi connectivity index (χ0) is 12.4. The minimum absolute atomic E-state index is 0.280. The van der Waals surface area contributed by atoms with E-state index in [9.17, 15) is 4.39 Å². The molecule has 90 valence electrons. The fourth-order valence-corrected chi connectivity index (χ4v) is 1.87. The Bertz CT molecular complexity index is 522. The van der Waals surface area contributed by atoms with E-state index in [1.165, 1.54) is 6.07 Å². The number of rotatable bonds is 3. The van der Waals surface area contributed by atoms with Gasteiger partial charge in [-0.05, 0) is 26.0 Å². The van der Waals surface area contributed by atoms with Crippen molar-refractivity contribution >= 4 is 0 Å². The zero-order valence-corrected chi connectivity index (χ0v) is 9.83. The first-order chi connectivity index (χ1) is 8.11. The van der Waals surface area contributed by atoms with Gasteiger partial charge in [-0.25, -0.2) is 9.82 Å². The highest BCUT2D eigenvalue weighted by Crippen LogP contribution is 2.26. The Hall–Kier alpha value is -1.65. The van der Waals surface area contributed by atoms with Crippen LogP contribution in [0.3, 0.4) is 0 Å². The van der Waals surface area contributed by atoms with Crippen molar-refractivity contribution in [2.75, 3.05) is 0 Å². The summed E-state index contributed by atoms with van der Waals surface area (Å²) in [7, 11) is 0. The number of hydrazine groups is 1. The van der Waals surface area contributed by atoms with Gasteiger partial charge in [-0.3, -0.25) is 5.84 Å². The van der Waals surface area contributed by atoms with Gasteiger partial charge in [0.1, 0.15) is 11.6 Å². The highest BCUT2D eigenvalue weighted by Gasteiger charge is 2.18. The molecule has 0 aliphatic carbocycles. The maximum atomic E-state index is 13.8. The first-order valence-electron chi connectivity index (χ1n) is 5.39. The van der Waals surface area contributed by atoms with E-state index in [2.05, 4.69) is 5.43 Å². The molecule has 1 unspecified atom stereocenters. The van der Waals surface area contributed by atoms with Gasteiger partial charge in [0, 0.05) is 11.1 Å². The maximum absolute atomic E-state index is 13.8. The lowest BCUT2D eigenvalue weighted by Gasteiger charge is -2.15. The third-order valence-electron chi connectivity index (χ3n) is 2.71. The second-order valence-corrected chi connectivity index (χ2v) is 4.12. The lowest BCUT2D eigenvalue weighted by Crippen LogP contribution is -2.29. The average molecular weight is 234 g/mol. The summed E-state index contributed by atoms with van der Waals surface area (Å²) < 4.78 is 19.0. The molecule has 3 N–H and O–H groups in total. The third-order valence-corrected chi connectivity index (χ3v) is 2.71. The van der Waals surface area contributed by atoms with E-state index in [0.717, 1.165) is 16.9 Å². The second kappa shape index (κ2) is 4.69. The van der Waals surface area contributed by atoms with Gasteiger partial charge in [0.25, 0.3) is 0 Å². The average Bonchev–Trinajstić information content (AvgIpc) is 2.71. The van der Waals surface area contributed by atoms with E-state index in [1.807, 2.05) is 19.9 Å². The fourth-order valence-electron chi connectivity index (χ4n) is 1.87. The predicted octanol–water partition coefficient (Wildman–Crippen LogP) is 2.59. The van der Waals surface area contributed by atoms with Crippen molar-refractivity contribution in [1.82, 2.24) is 5.43 Å². The molecule has 0 aliphatic rings. The smallest absolute Gasteiger partial charge is 0.128 e. The summed E-state index contributed by atoms with van der Waals surface area (Å²) in [4.78, 5) is 0. The lowest BCUT2D eigenvalue weighted by atomic mass is 9.99. The molecule has 0 aliphatic heterocycles. The molecule has 0 saturated carbocycles. The Labute approximate surface area is 99.4 Å². The maximum Gasteiger partial charge on any atom is 0.128 e. The Balaban J connectivity index is 2.45. The largest absolute Gasteiger partial charge is 0.469 e. The van der Waals surface area contributed by atoms with E-state index < -0.39 is 6.04 Å². The van der Waals surface area contributed by atoms with Gasteiger partial charge in [0.05, 0.1) is 12.3 Å². The molecule has 0 radical (unpaired) electrons. The van der Waals surface area contributed by atoms with Gasteiger partial charge in [-0.1, -0.05) is 17.7 Å². The van der Waals surface area contributed by atoms with Crippen LogP contribution in [0.4, 0.5) is 4.39 Å². The van der Waals surface area contributed by atoms with E-state index in [0.29, 0.717) is 5.56 Å². The molecular formula is C13H15FN2O. The quantitative estimate of drug-likeness (QED) is 0.634. The van der Waals surface area contributed by atoms with Crippen molar-refractivity contribution in [3.63, 3.8) is 0 Å². The van der Waals surface area contributed by atoms with Crippen molar-refractivity contribution < 1.29 is 8.81 Å². The van der Waals surface area contributed by atoms with Crippen molar-refractivity contribution in [3.05, 3.63) is 58.8 Å². The molecule has 0 spiro atoms. The SMILES string of the molecule is Cc1ccc(F)c(C(NN)c2coc(C)c2)c1. The number of furan rings is 1. The minimum atomic E-state index is -0.396. The van der Waals surface area contributed by atoms with Crippen molar-refractivity contribution in [3.8, 4) is 0 Å². The van der Waals surface area contributed by atoms with Crippen molar-refractivity contribution in [2.24, 2.45) is 5.84 Å². The van der Waals surface area contributed by atoms with E-state index in [-0.39, 0.29) is 5.82 Å². The van der Waals surface area contributed by atoms with E-state index >= 15 is 0 Å². The van der Waals surface area contributed by atoms with Crippen LogP contribution in [-0.4, -0.2) is 0 Å². The number of halogens is 1. The van der Waals surface area contributed by atoms with Gasteiger partial charge in [0.15, 0.2) is 0 Å². The fraction of sp³-hybridized carbons (Fsp3) is 0.231. The van der Waals surface area contributed by atoms with Gasteiger partial charge in [-0.2, -0.15) is 0 Å². The Kier molecular flexibility index (Phi) is 3.26. The van der Waals surface area contributed by atoms with E-state index in [4.69, 9.17) is 10.3 Å². The summed E-state index contributed by atoms with van der Waals surface area (Å²) in [5.74, 6) is 6.00. The molecule has 0 saturated heterocycles. The highest BCUT2D eigenvalue weighted by atomic mass is 19.1. The molecule has 1 aromatic carbocycles. The van der Waals surface area contributed by atoms with Crippen LogP contribution in [0, 0.1) is 19.7 Å². The lowest BCUT2D eigenvalue weighted by molar-refractivity contribution is 0.520. The van der Waals surface area contributed by atoms with E-state index in [1.54, 1.807) is 18.4 Å². The monoisotopic (exact) mass is 234 g/mol. The molecule has 0 bridgehead atoms. The summed E-state index contributed by atoms with van der Waals surface area (Å²) in [5.41, 5.74) is 4.94. The topological polar surface area (TPSA) is 51.2 Å². The molecular weight excluding hydrogens is 219 g/mol. The third kappa shape index (κ3) is 2.38. The number of benzene rings is 1. The number of hydrogen-bond acceptors (Lipinski definition) is 3. The normalized spacial score (nSPS) is 12.7. The van der Waals surface area contributed by atoms with Crippen LogP contribution >= 0.6 is 0 Å². The van der Waals surface area contributed by atoms with Gasteiger partial charge in [0.2, 0.25) is 0 Å². The van der Waals surface area contributed by atoms with Crippen molar-refractivity contribution in [2.45, 2.75) is 19.9 Å². The summed E-state index contributed by atoms with van der Waals surface area (Å²) in [5, 5.41) is 0. The molecule has 2 rings (SSSR count). The van der Waals surface area contributed by atoms with Crippen molar-refractivity contribution in [1.29, 1.82) is 0 Å². The summed E-state index contributed by atoms with van der Waals surface area (Å²) in [6.07, 6.45) is 1.58. The van der Waals surface area contributed by atoms with Crippen LogP contribution in [0.25, 0.3) is 0 Å². The zero-order valence-electron chi connectivity index (χ0n) is 9.83. The summed E-state index contributed by atoms with van der Waals surface area (Å²) >= 11 is 0. The summed E-state index contributed by atoms with van der Waals surface area (Å²) in [6, 6.07) is 6.40. The molecule has 17 heavy (non-hydrogen) atoms. The number of nitrogens with one attached hydrogen (secondary N) is 1. The molecule has 0 fully saturated rings. The molecule has 2 aromatic rings. The van der Waals surface area contributed by atoms with Gasteiger partial charge < -0.3 is 4.42 Å². The first kappa shape index (κ1) is 11.8. The molecule has 0 amide bonds. The number of aryl methyl sites for hydroxylation is 2. The molecule has 1 heterocycles. The Morgan fingerprint density at radius 3 is 2.65 bits per heavy atom. The molecule has 1 atom stereocenters. The van der Waals surface area contributed by atoms with Crippen LogP contribution in [0.15, 0.2) is 34.9 Å². The molecule has 3 nitrogen and oxygen atoms in total. The number of hydrogen-bond donors (Lipinski definition) is 2. The minimum Gasteiger partial charge on any atom is -0.469 e. The van der Waals surface area contributed by atoms with Crippen LogP contribution < -0.4 is 11.3 Å². The van der Waals surface area contributed by atoms with Gasteiger partial charge >= 0.3 is 0 Å². The second-order valence-electron chi connectivity index (χ2n) is 4.12. The molecule has 4 heteroatoms. The summed E-state index contributed by atoms with van der Waals surface area (Å²) in [6.45, 7) is 3.75. The number of nitrogens with two attached hydrogens (primary N) is 1. The standard InChI is InChI=1S/C13H15FN2O/c1-8-3-4-12(14)11(5-8)13(16-15)10-6-9(2)17-7-10/h3-7,13,16H,15H2,1-2H3. The Morgan fingerprint density at radius 1 is 1.29 bits per heavy atom. The molecule has 1 aromatic heterocycles. The van der Waals surface area contributed by atoms with Crippen LogP contribution in [0.1, 0.15) is 28.5 Å². The first-order valence-corrected chi connectivity index (χ1v) is 5.39. The van der Waals surface area contributed by atoms with Gasteiger partial charge in [-0.15, -0.1) is 0 Å².